The van der Waals surface area contributed by atoms with Crippen molar-refractivity contribution in [3.05, 3.63) is 87.5 Å². The number of hydrogen-bond acceptors (Lipinski definition) is 7. The third-order valence-electron chi connectivity index (χ3n) is 8.97. The van der Waals surface area contributed by atoms with Gasteiger partial charge in [0.1, 0.15) is 23.3 Å². The van der Waals surface area contributed by atoms with Crippen LogP contribution in [0, 0.1) is 11.6 Å². The molecule has 0 bridgehead atoms. The Kier molecular flexibility index (Phi) is 7.98. The smallest absolute Gasteiger partial charge is 0.281 e. The minimum atomic E-state index is -1.18. The van der Waals surface area contributed by atoms with Crippen molar-refractivity contribution in [1.82, 2.24) is 14.5 Å². The maximum absolute atomic E-state index is 17.4. The Morgan fingerprint density at radius 2 is 1.83 bits per heavy atom. The number of phenols is 1. The molecule has 11 nitrogen and oxygen atoms in total. The molecule has 0 spiro atoms. The van der Waals surface area contributed by atoms with Gasteiger partial charge in [-0.25, -0.2) is 8.78 Å². The van der Waals surface area contributed by atoms with Gasteiger partial charge in [-0.2, -0.15) is 0 Å². The van der Waals surface area contributed by atoms with Gasteiger partial charge in [-0.05, 0) is 43.2 Å². The summed E-state index contributed by atoms with van der Waals surface area (Å²) in [6.45, 7) is 8.84. The summed E-state index contributed by atoms with van der Waals surface area (Å²) in [5, 5.41) is 10.4. The molecule has 14 heteroatoms. The third-order valence-corrected chi connectivity index (χ3v) is 9.26. The molecule has 2 unspecified atom stereocenters. The van der Waals surface area contributed by atoms with E-state index in [0.29, 0.717) is 0 Å². The van der Waals surface area contributed by atoms with Crippen LogP contribution in [0.5, 0.6) is 5.75 Å². The zero-order valence-corrected chi connectivity index (χ0v) is 27.2. The predicted molar refractivity (Wildman–Crippen MR) is 178 cm³/mol. The molecule has 6 rings (SSSR count). The molecule has 0 saturated carbocycles. The van der Waals surface area contributed by atoms with Crippen LogP contribution in [0.4, 0.5) is 20.2 Å². The molecule has 3 amide bonds. The average molecular weight is 677 g/mol. The first-order valence-electron chi connectivity index (χ1n) is 15.1. The summed E-state index contributed by atoms with van der Waals surface area (Å²) in [6.07, 6.45) is 2.49. The van der Waals surface area contributed by atoms with E-state index in [9.17, 15) is 24.3 Å². The van der Waals surface area contributed by atoms with Crippen molar-refractivity contribution in [2.75, 3.05) is 29.9 Å². The Hall–Kier alpha value is -5.30. The second-order valence-electron chi connectivity index (χ2n) is 12.1. The largest absolute Gasteiger partial charge is 0.507 e. The Bertz CT molecular complexity index is 2130. The van der Waals surface area contributed by atoms with Gasteiger partial charge in [-0.3, -0.25) is 28.7 Å². The Morgan fingerprint density at radius 1 is 1.12 bits per heavy atom. The maximum Gasteiger partial charge on any atom is 0.281 e. The highest BCUT2D eigenvalue weighted by Crippen LogP contribution is 2.47. The van der Waals surface area contributed by atoms with Gasteiger partial charge >= 0.3 is 0 Å². The lowest BCUT2D eigenvalue weighted by Gasteiger charge is -2.50. The quantitative estimate of drug-likeness (QED) is 0.297. The van der Waals surface area contributed by atoms with Gasteiger partial charge in [0.15, 0.2) is 5.82 Å². The number of anilines is 2. The number of rotatable bonds is 5. The number of carbonyl (C=O) groups excluding carboxylic acids is 3. The van der Waals surface area contributed by atoms with Gasteiger partial charge in [0.05, 0.1) is 45.3 Å². The lowest BCUT2D eigenvalue weighted by atomic mass is 9.95. The zero-order valence-electron chi connectivity index (χ0n) is 26.4. The van der Waals surface area contributed by atoms with E-state index in [4.69, 9.17) is 17.3 Å². The van der Waals surface area contributed by atoms with Crippen LogP contribution in [0.15, 0.2) is 54.0 Å². The number of phenolic OH excluding ortho intramolecular Hbond substituents is 1. The van der Waals surface area contributed by atoms with E-state index in [1.807, 2.05) is 0 Å². The molecule has 2 aliphatic heterocycles. The van der Waals surface area contributed by atoms with Crippen molar-refractivity contribution >= 4 is 51.6 Å². The van der Waals surface area contributed by atoms with Crippen molar-refractivity contribution in [2.45, 2.75) is 38.8 Å². The fourth-order valence-corrected chi connectivity index (χ4v) is 7.04. The first-order valence-corrected chi connectivity index (χ1v) is 15.4. The second kappa shape index (κ2) is 11.7. The van der Waals surface area contributed by atoms with Crippen molar-refractivity contribution < 1.29 is 28.3 Å². The van der Waals surface area contributed by atoms with Crippen LogP contribution in [0.3, 0.4) is 0 Å². The van der Waals surface area contributed by atoms with E-state index in [1.165, 1.54) is 36.3 Å². The van der Waals surface area contributed by atoms with Crippen LogP contribution < -0.4 is 21.1 Å². The number of likely N-dealkylation sites (N-methyl/N-ethyl adjacent to an activating group) is 1. The number of primary amides is 1. The number of carbonyl (C=O) groups is 3. The molecule has 4 aromatic rings. The van der Waals surface area contributed by atoms with Gasteiger partial charge < -0.3 is 25.5 Å². The lowest BCUT2D eigenvalue weighted by Crippen LogP contribution is -2.66. The van der Waals surface area contributed by atoms with Gasteiger partial charge in [-0.15, -0.1) is 0 Å². The number of aromatic nitrogens is 2. The Balaban J connectivity index is 1.83. The van der Waals surface area contributed by atoms with E-state index < -0.39 is 69.4 Å². The van der Waals surface area contributed by atoms with Crippen LogP contribution in [0.1, 0.15) is 42.7 Å². The molecule has 248 valence electrons. The highest BCUT2D eigenvalue weighted by atomic mass is 35.5. The van der Waals surface area contributed by atoms with E-state index in [2.05, 4.69) is 11.6 Å². The highest BCUT2D eigenvalue weighted by molar-refractivity contribution is 6.35. The summed E-state index contributed by atoms with van der Waals surface area (Å²) in [4.78, 5) is 63.0. The molecule has 2 aromatic carbocycles. The minimum Gasteiger partial charge on any atom is -0.507 e. The lowest BCUT2D eigenvalue weighted by molar-refractivity contribution is -0.130. The van der Waals surface area contributed by atoms with E-state index in [0.717, 1.165) is 27.7 Å². The molecule has 4 heterocycles. The number of benzene rings is 2. The summed E-state index contributed by atoms with van der Waals surface area (Å²) < 4.78 is 33.6. The Morgan fingerprint density at radius 3 is 2.46 bits per heavy atom. The van der Waals surface area contributed by atoms with Gasteiger partial charge in [0.25, 0.3) is 17.4 Å². The number of nitrogens with two attached hydrogens (primary N) is 1. The van der Waals surface area contributed by atoms with Crippen LogP contribution in [-0.2, 0) is 9.59 Å². The van der Waals surface area contributed by atoms with E-state index >= 15 is 8.78 Å². The van der Waals surface area contributed by atoms with Crippen LogP contribution >= 0.6 is 11.6 Å². The van der Waals surface area contributed by atoms with Crippen molar-refractivity contribution in [3.63, 3.8) is 0 Å². The molecular formula is C34H31ClF2N6O5. The van der Waals surface area contributed by atoms with Crippen LogP contribution in [0.25, 0.3) is 27.7 Å². The standard InChI is InChI=1S/C34H31ClF2N6O5/c1-6-23(45)41-14-21-33(47)40(5)31-30(42(21)13-16(41)4)18-12-19(35)24(25-20(36)8-7-9-22(25)44)26(37)28(18)43(34(31)48)29-17(32(38)46)10-11-39-27(29)15(2)3/h6-12,15-16,21,44H,1,13-14H2,2-5H3,(H2,38,46). The summed E-state index contributed by atoms with van der Waals surface area (Å²) in [7, 11) is 1.39. The molecular weight excluding hydrogens is 646 g/mol. The number of pyridine rings is 2. The molecule has 2 aromatic heterocycles. The summed E-state index contributed by atoms with van der Waals surface area (Å²) in [5.41, 5.74) is 3.33. The van der Waals surface area contributed by atoms with E-state index in [1.54, 1.807) is 25.7 Å². The molecule has 1 fully saturated rings. The third kappa shape index (κ3) is 4.71. The SMILES string of the molecule is C=CC(=O)N1CC2C(=O)N(C)c3c(c4cc(Cl)c(-c5c(O)cccc5F)c(F)c4n(-c4c(C(N)=O)ccnc4C(C)C)c3=O)N2CC1C. The van der Waals surface area contributed by atoms with Crippen molar-refractivity contribution in [2.24, 2.45) is 5.73 Å². The topological polar surface area (TPSA) is 142 Å². The molecule has 2 aliphatic rings. The number of aromatic hydroxyl groups is 1. The molecule has 2 atom stereocenters. The first-order chi connectivity index (χ1) is 22.7. The number of nitrogens with zero attached hydrogens (tertiary/aromatic N) is 5. The van der Waals surface area contributed by atoms with Gasteiger partial charge in [-0.1, -0.05) is 38.1 Å². The molecule has 0 aliphatic carbocycles. The van der Waals surface area contributed by atoms with Crippen LogP contribution in [-0.4, -0.2) is 69.5 Å². The zero-order chi connectivity index (χ0) is 34.9. The summed E-state index contributed by atoms with van der Waals surface area (Å²) in [6, 6.07) is 4.62. The number of amides is 3. The second-order valence-corrected chi connectivity index (χ2v) is 12.5. The molecule has 3 N–H and O–H groups in total. The maximum atomic E-state index is 17.4. The molecule has 0 radical (unpaired) electrons. The van der Waals surface area contributed by atoms with Gasteiger partial charge in [0.2, 0.25) is 5.91 Å². The normalized spacial score (nSPS) is 17.5. The predicted octanol–water partition coefficient (Wildman–Crippen LogP) is 4.48. The fourth-order valence-electron chi connectivity index (χ4n) is 6.76. The number of halogens is 3. The monoisotopic (exact) mass is 676 g/mol. The van der Waals surface area contributed by atoms with Gasteiger partial charge in [0, 0.05) is 36.8 Å². The Labute approximate surface area is 278 Å². The summed E-state index contributed by atoms with van der Waals surface area (Å²) >= 11 is 6.73. The number of hydrogen-bond donors (Lipinski definition) is 2. The minimum absolute atomic E-state index is 0.0423. The van der Waals surface area contributed by atoms with E-state index in [-0.39, 0.29) is 57.7 Å². The average Bonchev–Trinajstić information content (AvgIpc) is 3.03. The summed E-state index contributed by atoms with van der Waals surface area (Å²) in [5.74, 6) is -5.01. The van der Waals surface area contributed by atoms with Crippen molar-refractivity contribution in [1.29, 1.82) is 0 Å². The fraction of sp³-hybridized carbons (Fsp3) is 0.265. The first kappa shape index (κ1) is 32.6. The van der Waals surface area contributed by atoms with Crippen LogP contribution in [0.2, 0.25) is 5.02 Å². The molecule has 1 saturated heterocycles. The molecule has 48 heavy (non-hydrogen) atoms. The number of piperazine rings is 1. The number of fused-ring (bicyclic) bond motifs is 5. The van der Waals surface area contributed by atoms with Crippen molar-refractivity contribution in [3.8, 4) is 22.6 Å². The highest BCUT2D eigenvalue weighted by Gasteiger charge is 2.46.